The number of methoxy groups -OCH3 is 1. The van der Waals surface area contributed by atoms with Crippen molar-refractivity contribution in [3.63, 3.8) is 0 Å². The molecule has 6 nitrogen and oxygen atoms in total. The Hall–Kier alpha value is -1.69. The highest BCUT2D eigenvalue weighted by Crippen LogP contribution is 2.14. The summed E-state index contributed by atoms with van der Waals surface area (Å²) in [6, 6.07) is 2.76. The van der Waals surface area contributed by atoms with E-state index in [0.717, 1.165) is 12.8 Å². The van der Waals surface area contributed by atoms with Crippen molar-refractivity contribution in [1.82, 2.24) is 15.1 Å². The lowest BCUT2D eigenvalue weighted by Crippen LogP contribution is -2.41. The molecule has 1 saturated heterocycles. The van der Waals surface area contributed by atoms with Gasteiger partial charge in [-0.05, 0) is 18.9 Å². The number of hydrogen-bond donors (Lipinski definition) is 1. The number of hydrogen-bond acceptors (Lipinski definition) is 4. The van der Waals surface area contributed by atoms with E-state index in [-0.39, 0.29) is 23.3 Å². The number of amides is 1. The van der Waals surface area contributed by atoms with Crippen molar-refractivity contribution >= 4 is 5.91 Å². The molecule has 0 spiro atoms. The number of piperidine rings is 1. The highest BCUT2D eigenvalue weighted by molar-refractivity contribution is 5.92. The summed E-state index contributed by atoms with van der Waals surface area (Å²) in [6.07, 6.45) is 1.92. The molecule has 0 saturated carbocycles. The standard InChI is InChI=1S/C11H15N3O3/c1-17-8-4-6-14(7-5-8)11(16)9-2-3-10(15)13-12-9/h2-3,8H,4-7H2,1H3,(H,13,15). The Morgan fingerprint density at radius 2 is 2.18 bits per heavy atom. The van der Waals surface area contributed by atoms with Crippen LogP contribution in [-0.2, 0) is 4.74 Å². The van der Waals surface area contributed by atoms with E-state index in [0.29, 0.717) is 13.1 Å². The number of carbonyl (C=O) groups excluding carboxylic acids is 1. The molecule has 1 N–H and O–H groups in total. The number of likely N-dealkylation sites (tertiary alicyclic amines) is 1. The lowest BCUT2D eigenvalue weighted by molar-refractivity contribution is 0.0347. The molecular weight excluding hydrogens is 222 g/mol. The first-order chi connectivity index (χ1) is 8.20. The molecule has 0 bridgehead atoms. The van der Waals surface area contributed by atoms with Crippen LogP contribution in [0, 0.1) is 0 Å². The molecule has 17 heavy (non-hydrogen) atoms. The summed E-state index contributed by atoms with van der Waals surface area (Å²) in [5.41, 5.74) is -0.0277. The highest BCUT2D eigenvalue weighted by atomic mass is 16.5. The molecule has 1 aliphatic heterocycles. The van der Waals surface area contributed by atoms with Crippen LogP contribution in [0.5, 0.6) is 0 Å². The Balaban J connectivity index is 2.01. The second-order valence-electron chi connectivity index (χ2n) is 4.03. The van der Waals surface area contributed by atoms with E-state index in [1.165, 1.54) is 12.1 Å². The molecule has 1 amide bonds. The van der Waals surface area contributed by atoms with Crippen LogP contribution in [0.1, 0.15) is 23.3 Å². The van der Waals surface area contributed by atoms with Gasteiger partial charge in [-0.2, -0.15) is 5.10 Å². The fourth-order valence-corrected chi connectivity index (χ4v) is 1.92. The van der Waals surface area contributed by atoms with Gasteiger partial charge in [0.05, 0.1) is 6.10 Å². The molecule has 2 rings (SSSR count). The zero-order valence-corrected chi connectivity index (χ0v) is 9.68. The van der Waals surface area contributed by atoms with E-state index >= 15 is 0 Å². The number of aromatic nitrogens is 2. The van der Waals surface area contributed by atoms with Crippen LogP contribution in [-0.4, -0.2) is 47.3 Å². The van der Waals surface area contributed by atoms with E-state index in [1.54, 1.807) is 12.0 Å². The molecule has 1 fully saturated rings. The number of rotatable bonds is 2. The Bertz CT molecular complexity index is 429. The van der Waals surface area contributed by atoms with Crippen LogP contribution in [0.4, 0.5) is 0 Å². The van der Waals surface area contributed by atoms with Crippen molar-refractivity contribution < 1.29 is 9.53 Å². The predicted molar refractivity (Wildman–Crippen MR) is 60.8 cm³/mol. The van der Waals surface area contributed by atoms with Gasteiger partial charge in [-0.1, -0.05) is 0 Å². The first-order valence-corrected chi connectivity index (χ1v) is 5.58. The first kappa shape index (κ1) is 11.8. The molecule has 92 valence electrons. The molecule has 6 heteroatoms. The maximum atomic E-state index is 12.0. The Morgan fingerprint density at radius 3 is 2.71 bits per heavy atom. The second-order valence-corrected chi connectivity index (χ2v) is 4.03. The molecular formula is C11H15N3O3. The molecule has 0 radical (unpaired) electrons. The SMILES string of the molecule is COC1CCN(C(=O)c2ccc(=O)[nH]n2)CC1. The molecule has 0 unspecified atom stereocenters. The summed E-state index contributed by atoms with van der Waals surface area (Å²) in [7, 11) is 1.69. The molecule has 1 aromatic heterocycles. The van der Waals surface area contributed by atoms with Gasteiger partial charge in [0.15, 0.2) is 0 Å². The van der Waals surface area contributed by atoms with E-state index in [2.05, 4.69) is 10.2 Å². The van der Waals surface area contributed by atoms with Crippen LogP contribution in [0.15, 0.2) is 16.9 Å². The lowest BCUT2D eigenvalue weighted by Gasteiger charge is -2.30. The quantitative estimate of drug-likeness (QED) is 0.786. The minimum atomic E-state index is -0.306. The molecule has 0 aromatic carbocycles. The van der Waals surface area contributed by atoms with Gasteiger partial charge >= 0.3 is 0 Å². The zero-order chi connectivity index (χ0) is 12.3. The maximum Gasteiger partial charge on any atom is 0.274 e. The number of nitrogens with zero attached hydrogens (tertiary/aromatic N) is 2. The average Bonchev–Trinajstić information content (AvgIpc) is 2.39. The highest BCUT2D eigenvalue weighted by Gasteiger charge is 2.24. The molecule has 0 atom stereocenters. The maximum absolute atomic E-state index is 12.0. The van der Waals surface area contributed by atoms with Crippen LogP contribution in [0.3, 0.4) is 0 Å². The summed E-state index contributed by atoms with van der Waals surface area (Å²) >= 11 is 0. The third kappa shape index (κ3) is 2.71. The minimum Gasteiger partial charge on any atom is -0.381 e. The third-order valence-electron chi connectivity index (χ3n) is 2.96. The van der Waals surface area contributed by atoms with Gasteiger partial charge in [-0.3, -0.25) is 9.59 Å². The van der Waals surface area contributed by atoms with Crippen molar-refractivity contribution in [3.8, 4) is 0 Å². The fraction of sp³-hybridized carbons (Fsp3) is 0.545. The number of H-pyrrole nitrogens is 1. The summed E-state index contributed by atoms with van der Waals surface area (Å²) < 4.78 is 5.24. The van der Waals surface area contributed by atoms with Crippen molar-refractivity contribution in [2.75, 3.05) is 20.2 Å². The van der Waals surface area contributed by atoms with Crippen molar-refractivity contribution in [2.24, 2.45) is 0 Å². The predicted octanol–water partition coefficient (Wildman–Crippen LogP) is 0.0209. The van der Waals surface area contributed by atoms with Crippen molar-refractivity contribution in [2.45, 2.75) is 18.9 Å². The Labute approximate surface area is 98.6 Å². The first-order valence-electron chi connectivity index (χ1n) is 5.58. The average molecular weight is 237 g/mol. The smallest absolute Gasteiger partial charge is 0.274 e. The van der Waals surface area contributed by atoms with Gasteiger partial charge < -0.3 is 9.64 Å². The Morgan fingerprint density at radius 1 is 1.47 bits per heavy atom. The normalized spacial score (nSPS) is 17.1. The van der Waals surface area contributed by atoms with Gasteiger partial charge in [0, 0.05) is 26.3 Å². The van der Waals surface area contributed by atoms with Crippen LogP contribution in [0.2, 0.25) is 0 Å². The monoisotopic (exact) mass is 237 g/mol. The molecule has 0 aliphatic carbocycles. The van der Waals surface area contributed by atoms with E-state index in [4.69, 9.17) is 4.74 Å². The van der Waals surface area contributed by atoms with Crippen LogP contribution in [0.25, 0.3) is 0 Å². The second kappa shape index (κ2) is 5.09. The molecule has 1 aromatic rings. The van der Waals surface area contributed by atoms with E-state index in [1.807, 2.05) is 0 Å². The number of carbonyl (C=O) groups is 1. The molecule has 1 aliphatic rings. The zero-order valence-electron chi connectivity index (χ0n) is 9.68. The summed E-state index contributed by atoms with van der Waals surface area (Å²) in [5.74, 6) is -0.143. The number of aromatic amines is 1. The van der Waals surface area contributed by atoms with Crippen LogP contribution >= 0.6 is 0 Å². The van der Waals surface area contributed by atoms with Crippen molar-refractivity contribution in [1.29, 1.82) is 0 Å². The van der Waals surface area contributed by atoms with Gasteiger partial charge in [0.1, 0.15) is 5.69 Å². The van der Waals surface area contributed by atoms with Gasteiger partial charge in [-0.15, -0.1) is 0 Å². The van der Waals surface area contributed by atoms with Gasteiger partial charge in [0.2, 0.25) is 0 Å². The van der Waals surface area contributed by atoms with Gasteiger partial charge in [-0.25, -0.2) is 5.10 Å². The van der Waals surface area contributed by atoms with E-state index < -0.39 is 0 Å². The fourth-order valence-electron chi connectivity index (χ4n) is 1.92. The molecule has 2 heterocycles. The lowest BCUT2D eigenvalue weighted by atomic mass is 10.1. The third-order valence-corrected chi connectivity index (χ3v) is 2.96. The van der Waals surface area contributed by atoms with Crippen molar-refractivity contribution in [3.05, 3.63) is 28.2 Å². The topological polar surface area (TPSA) is 75.3 Å². The summed E-state index contributed by atoms with van der Waals surface area (Å²) in [6.45, 7) is 1.33. The number of ether oxygens (including phenoxy) is 1. The Kier molecular flexibility index (Phi) is 3.53. The number of nitrogens with one attached hydrogen (secondary N) is 1. The summed E-state index contributed by atoms with van der Waals surface area (Å²) in [5, 5.41) is 5.99. The van der Waals surface area contributed by atoms with E-state index in [9.17, 15) is 9.59 Å². The largest absolute Gasteiger partial charge is 0.381 e. The van der Waals surface area contributed by atoms with Crippen LogP contribution < -0.4 is 5.56 Å². The minimum absolute atomic E-state index is 0.143. The summed E-state index contributed by atoms with van der Waals surface area (Å²) in [4.78, 5) is 24.6. The van der Waals surface area contributed by atoms with Gasteiger partial charge in [0.25, 0.3) is 11.5 Å².